The molecule has 1 amide bonds. The van der Waals surface area contributed by atoms with Gasteiger partial charge in [-0.1, -0.05) is 0 Å². The number of thioether (sulfide) groups is 1. The Labute approximate surface area is 137 Å². The molecule has 1 N–H and O–H groups in total. The van der Waals surface area contributed by atoms with Crippen LogP contribution in [0.2, 0.25) is 0 Å². The molecule has 0 saturated carbocycles. The van der Waals surface area contributed by atoms with Crippen molar-refractivity contribution in [2.75, 3.05) is 32.1 Å². The number of likely N-dealkylation sites (tertiary alicyclic amines) is 1. The highest BCUT2D eigenvalue weighted by molar-refractivity contribution is 7.98. The standard InChI is InChI=1S/C15H28N2O4S/c1-11(8-22-6)16(5)15(7-12(18)19)9-17(10-15)13(20)21-14(2,3)4/h11H,7-10H2,1-6H3,(H,18,19). The first kappa shape index (κ1) is 19.1. The summed E-state index contributed by atoms with van der Waals surface area (Å²) in [4.78, 5) is 27.0. The van der Waals surface area contributed by atoms with E-state index in [1.807, 2.05) is 34.1 Å². The minimum atomic E-state index is -0.841. The monoisotopic (exact) mass is 332 g/mol. The summed E-state index contributed by atoms with van der Waals surface area (Å²) in [5, 5.41) is 9.22. The highest BCUT2D eigenvalue weighted by atomic mass is 32.2. The largest absolute Gasteiger partial charge is 0.481 e. The lowest BCUT2D eigenvalue weighted by molar-refractivity contribution is -0.146. The van der Waals surface area contributed by atoms with Gasteiger partial charge in [0.15, 0.2) is 0 Å². The third kappa shape index (κ3) is 4.78. The summed E-state index contributed by atoms with van der Waals surface area (Å²) in [6.07, 6.45) is 1.68. The molecule has 0 radical (unpaired) electrons. The van der Waals surface area contributed by atoms with Crippen molar-refractivity contribution >= 4 is 23.8 Å². The summed E-state index contributed by atoms with van der Waals surface area (Å²) < 4.78 is 5.34. The van der Waals surface area contributed by atoms with Crippen molar-refractivity contribution in [3.8, 4) is 0 Å². The number of carboxylic acid groups (broad SMARTS) is 1. The fourth-order valence-corrected chi connectivity index (χ4v) is 3.39. The number of hydrogen-bond acceptors (Lipinski definition) is 5. The van der Waals surface area contributed by atoms with Crippen LogP contribution >= 0.6 is 11.8 Å². The Morgan fingerprint density at radius 2 is 1.95 bits per heavy atom. The zero-order valence-corrected chi connectivity index (χ0v) is 15.2. The maximum Gasteiger partial charge on any atom is 0.410 e. The molecule has 0 aliphatic carbocycles. The molecule has 0 aromatic carbocycles. The lowest BCUT2D eigenvalue weighted by atomic mass is 9.84. The number of aliphatic carboxylic acids is 1. The van der Waals surface area contributed by atoms with Gasteiger partial charge in [0, 0.05) is 24.9 Å². The number of nitrogens with zero attached hydrogens (tertiary/aromatic N) is 2. The van der Waals surface area contributed by atoms with Gasteiger partial charge in [-0.3, -0.25) is 9.69 Å². The number of carbonyl (C=O) groups is 2. The van der Waals surface area contributed by atoms with Crippen LogP contribution in [0.1, 0.15) is 34.1 Å². The van der Waals surface area contributed by atoms with E-state index in [1.165, 1.54) is 0 Å². The molecule has 0 aromatic heterocycles. The normalized spacial score (nSPS) is 18.8. The van der Waals surface area contributed by atoms with Gasteiger partial charge >= 0.3 is 12.1 Å². The first-order chi connectivity index (χ1) is 10.0. The number of carboxylic acids is 1. The van der Waals surface area contributed by atoms with Crippen LogP contribution in [0.25, 0.3) is 0 Å². The predicted molar refractivity (Wildman–Crippen MR) is 88.4 cm³/mol. The third-order valence-electron chi connectivity index (χ3n) is 3.92. The summed E-state index contributed by atoms with van der Waals surface area (Å²) in [5.41, 5.74) is -1.04. The van der Waals surface area contributed by atoms with E-state index < -0.39 is 17.1 Å². The number of carbonyl (C=O) groups excluding carboxylic acids is 1. The molecule has 7 heteroatoms. The van der Waals surface area contributed by atoms with Crippen LogP contribution in [0.3, 0.4) is 0 Å². The van der Waals surface area contributed by atoms with Gasteiger partial charge in [-0.15, -0.1) is 0 Å². The Morgan fingerprint density at radius 1 is 1.41 bits per heavy atom. The molecule has 1 aliphatic rings. The topological polar surface area (TPSA) is 70.1 Å². The second-order valence-corrected chi connectivity index (χ2v) is 7.96. The maximum atomic E-state index is 12.1. The van der Waals surface area contributed by atoms with E-state index in [9.17, 15) is 14.7 Å². The molecule has 0 aromatic rings. The van der Waals surface area contributed by atoms with E-state index in [1.54, 1.807) is 16.7 Å². The third-order valence-corrected chi connectivity index (χ3v) is 4.74. The van der Waals surface area contributed by atoms with Gasteiger partial charge in [-0.25, -0.2) is 4.79 Å². The fourth-order valence-electron chi connectivity index (χ4n) is 2.68. The average molecular weight is 332 g/mol. The second kappa shape index (κ2) is 7.08. The van der Waals surface area contributed by atoms with Gasteiger partial charge in [0.05, 0.1) is 12.0 Å². The maximum absolute atomic E-state index is 12.1. The molecule has 1 saturated heterocycles. The summed E-state index contributed by atoms with van der Waals surface area (Å²) in [7, 11) is 1.94. The van der Waals surface area contributed by atoms with Gasteiger partial charge in [0.1, 0.15) is 5.60 Å². The zero-order chi connectivity index (χ0) is 17.1. The van der Waals surface area contributed by atoms with Crippen molar-refractivity contribution in [1.82, 2.24) is 9.80 Å². The van der Waals surface area contributed by atoms with Gasteiger partial charge in [0.2, 0.25) is 0 Å². The van der Waals surface area contributed by atoms with Crippen LogP contribution in [0.5, 0.6) is 0 Å². The zero-order valence-electron chi connectivity index (χ0n) is 14.4. The SMILES string of the molecule is CSCC(C)N(C)C1(CC(=O)O)CN(C(=O)OC(C)(C)C)C1. The average Bonchev–Trinajstić information content (AvgIpc) is 2.29. The van der Waals surface area contributed by atoms with Crippen molar-refractivity contribution < 1.29 is 19.4 Å². The highest BCUT2D eigenvalue weighted by Gasteiger charge is 2.51. The molecule has 0 bridgehead atoms. The quantitative estimate of drug-likeness (QED) is 0.803. The first-order valence-electron chi connectivity index (χ1n) is 7.42. The van der Waals surface area contributed by atoms with Crippen molar-refractivity contribution in [3.05, 3.63) is 0 Å². The lowest BCUT2D eigenvalue weighted by Crippen LogP contribution is -2.72. The van der Waals surface area contributed by atoms with E-state index in [-0.39, 0.29) is 18.6 Å². The van der Waals surface area contributed by atoms with Gasteiger partial charge < -0.3 is 14.7 Å². The van der Waals surface area contributed by atoms with Crippen LogP contribution in [0, 0.1) is 0 Å². The van der Waals surface area contributed by atoms with Crippen molar-refractivity contribution in [3.63, 3.8) is 0 Å². The van der Waals surface area contributed by atoms with Crippen LogP contribution in [-0.2, 0) is 9.53 Å². The molecule has 0 spiro atoms. The minimum absolute atomic E-state index is 0.0293. The Hall–Kier alpha value is -0.950. The summed E-state index contributed by atoms with van der Waals surface area (Å²) in [6, 6.07) is 0.245. The Kier molecular flexibility index (Phi) is 6.15. The summed E-state index contributed by atoms with van der Waals surface area (Å²) in [5.74, 6) is 0.0802. The molecule has 1 fully saturated rings. The molecule has 22 heavy (non-hydrogen) atoms. The van der Waals surface area contributed by atoms with Crippen LogP contribution in [0.15, 0.2) is 0 Å². The number of likely N-dealkylation sites (N-methyl/N-ethyl adjacent to an activating group) is 1. The minimum Gasteiger partial charge on any atom is -0.481 e. The molecule has 6 nitrogen and oxygen atoms in total. The Bertz CT molecular complexity index is 416. The molecular formula is C15H28N2O4S. The van der Waals surface area contributed by atoms with Crippen LogP contribution in [0.4, 0.5) is 4.79 Å². The van der Waals surface area contributed by atoms with E-state index in [2.05, 4.69) is 11.8 Å². The summed E-state index contributed by atoms with van der Waals surface area (Å²) >= 11 is 1.73. The molecule has 1 atom stereocenters. The molecule has 1 aliphatic heterocycles. The Morgan fingerprint density at radius 3 is 2.36 bits per heavy atom. The van der Waals surface area contributed by atoms with E-state index >= 15 is 0 Å². The van der Waals surface area contributed by atoms with Crippen LogP contribution in [-0.4, -0.2) is 76.3 Å². The van der Waals surface area contributed by atoms with Crippen molar-refractivity contribution in [2.45, 2.75) is 51.3 Å². The van der Waals surface area contributed by atoms with Gasteiger partial charge in [0.25, 0.3) is 0 Å². The number of ether oxygens (including phenoxy) is 1. The number of hydrogen-bond donors (Lipinski definition) is 1. The molecule has 1 rings (SSSR count). The molecule has 128 valence electrons. The molecular weight excluding hydrogens is 304 g/mol. The summed E-state index contributed by atoms with van der Waals surface area (Å²) in [6.45, 7) is 8.33. The van der Waals surface area contributed by atoms with E-state index in [0.717, 1.165) is 5.75 Å². The number of amides is 1. The smallest absolute Gasteiger partial charge is 0.410 e. The van der Waals surface area contributed by atoms with Crippen LogP contribution < -0.4 is 0 Å². The predicted octanol–water partition coefficient (Wildman–Crippen LogP) is 2.13. The lowest BCUT2D eigenvalue weighted by Gasteiger charge is -2.55. The fraction of sp³-hybridized carbons (Fsp3) is 0.867. The van der Waals surface area contributed by atoms with Gasteiger partial charge in [-0.2, -0.15) is 11.8 Å². The molecule has 1 unspecified atom stereocenters. The number of rotatable bonds is 6. The van der Waals surface area contributed by atoms with Crippen molar-refractivity contribution in [2.24, 2.45) is 0 Å². The van der Waals surface area contributed by atoms with Crippen molar-refractivity contribution in [1.29, 1.82) is 0 Å². The Balaban J connectivity index is 2.75. The molecule has 1 heterocycles. The van der Waals surface area contributed by atoms with E-state index in [4.69, 9.17) is 4.74 Å². The van der Waals surface area contributed by atoms with E-state index in [0.29, 0.717) is 13.1 Å². The second-order valence-electron chi connectivity index (χ2n) is 7.05. The van der Waals surface area contributed by atoms with Gasteiger partial charge in [-0.05, 0) is 41.0 Å². The first-order valence-corrected chi connectivity index (χ1v) is 8.82. The highest BCUT2D eigenvalue weighted by Crippen LogP contribution is 2.33.